The molecule has 1 aromatic carbocycles. The van der Waals surface area contributed by atoms with Crippen LogP contribution in [0.1, 0.15) is 12.8 Å². The number of nitro groups is 1. The van der Waals surface area contributed by atoms with Crippen molar-refractivity contribution in [2.45, 2.75) is 18.9 Å². The van der Waals surface area contributed by atoms with Gasteiger partial charge in [-0.05, 0) is 25.5 Å². The lowest BCUT2D eigenvalue weighted by atomic mass is 10.1. The lowest BCUT2D eigenvalue weighted by molar-refractivity contribution is -0.384. The van der Waals surface area contributed by atoms with E-state index >= 15 is 0 Å². The first-order chi connectivity index (χ1) is 8.18. The number of piperidine rings is 1. The van der Waals surface area contributed by atoms with Crippen molar-refractivity contribution in [2.75, 3.05) is 25.0 Å². The second-order valence-electron chi connectivity index (χ2n) is 4.39. The van der Waals surface area contributed by atoms with Gasteiger partial charge in [0.2, 0.25) is 0 Å². The van der Waals surface area contributed by atoms with Gasteiger partial charge >= 0.3 is 0 Å². The van der Waals surface area contributed by atoms with Crippen LogP contribution in [-0.2, 0) is 0 Å². The predicted molar refractivity (Wildman–Crippen MR) is 67.4 cm³/mol. The van der Waals surface area contributed by atoms with E-state index in [1.165, 1.54) is 6.07 Å². The molecule has 1 aliphatic rings. The Balaban J connectivity index is 2.14. The summed E-state index contributed by atoms with van der Waals surface area (Å²) in [5, 5.41) is 14.1. The van der Waals surface area contributed by atoms with Gasteiger partial charge in [-0.3, -0.25) is 10.1 Å². The number of anilines is 1. The Kier molecular flexibility index (Phi) is 3.58. The number of rotatable bonds is 3. The number of hydrogen-bond donors (Lipinski definition) is 1. The zero-order chi connectivity index (χ0) is 12.3. The smallest absolute Gasteiger partial charge is 0.271 e. The van der Waals surface area contributed by atoms with E-state index < -0.39 is 0 Å². The van der Waals surface area contributed by atoms with Crippen LogP contribution in [-0.4, -0.2) is 31.1 Å². The molecule has 1 saturated heterocycles. The van der Waals surface area contributed by atoms with Crippen molar-refractivity contribution in [1.29, 1.82) is 0 Å². The van der Waals surface area contributed by atoms with Crippen LogP contribution in [0.2, 0.25) is 0 Å². The Bertz CT molecular complexity index is 402. The monoisotopic (exact) mass is 235 g/mol. The van der Waals surface area contributed by atoms with E-state index in [-0.39, 0.29) is 10.6 Å². The summed E-state index contributed by atoms with van der Waals surface area (Å²) in [5.74, 6) is 0. The highest BCUT2D eigenvalue weighted by molar-refractivity contribution is 5.53. The highest BCUT2D eigenvalue weighted by atomic mass is 16.6. The molecule has 17 heavy (non-hydrogen) atoms. The van der Waals surface area contributed by atoms with E-state index in [0.717, 1.165) is 31.6 Å². The maximum atomic E-state index is 10.7. The molecule has 1 aromatic rings. The molecule has 0 saturated carbocycles. The second-order valence-corrected chi connectivity index (χ2v) is 4.39. The van der Waals surface area contributed by atoms with Gasteiger partial charge in [0.05, 0.1) is 4.92 Å². The minimum absolute atomic E-state index is 0.151. The number of non-ortho nitro benzene ring substituents is 1. The molecule has 0 aliphatic carbocycles. The van der Waals surface area contributed by atoms with E-state index in [1.54, 1.807) is 12.1 Å². The van der Waals surface area contributed by atoms with E-state index in [2.05, 4.69) is 10.2 Å². The van der Waals surface area contributed by atoms with Gasteiger partial charge in [-0.1, -0.05) is 6.07 Å². The molecule has 5 nitrogen and oxygen atoms in total. The van der Waals surface area contributed by atoms with Crippen LogP contribution in [0.25, 0.3) is 0 Å². The first kappa shape index (κ1) is 11.9. The van der Waals surface area contributed by atoms with Crippen molar-refractivity contribution in [3.05, 3.63) is 34.4 Å². The Morgan fingerprint density at radius 1 is 1.53 bits per heavy atom. The summed E-state index contributed by atoms with van der Waals surface area (Å²) in [6.07, 6.45) is 2.29. The molecule has 0 radical (unpaired) electrons. The topological polar surface area (TPSA) is 58.4 Å². The summed E-state index contributed by atoms with van der Waals surface area (Å²) in [6.45, 7) is 2.01. The highest BCUT2D eigenvalue weighted by Gasteiger charge is 2.19. The Labute approximate surface area is 101 Å². The number of hydrogen-bond acceptors (Lipinski definition) is 4. The van der Waals surface area contributed by atoms with Gasteiger partial charge in [0.15, 0.2) is 0 Å². The summed E-state index contributed by atoms with van der Waals surface area (Å²) in [5.41, 5.74) is 1.06. The average molecular weight is 235 g/mol. The number of nitro benzene ring substituents is 1. The van der Waals surface area contributed by atoms with Gasteiger partial charge in [-0.25, -0.2) is 0 Å². The molecule has 5 heteroatoms. The van der Waals surface area contributed by atoms with Crippen LogP contribution in [0.5, 0.6) is 0 Å². The SMILES string of the molecule is CN(c1cccc([N+](=O)[O-])c1)C1CCCNC1. The molecule has 0 spiro atoms. The lowest BCUT2D eigenvalue weighted by Crippen LogP contribution is -2.44. The summed E-state index contributed by atoms with van der Waals surface area (Å²) >= 11 is 0. The molecule has 1 N–H and O–H groups in total. The number of benzene rings is 1. The van der Waals surface area contributed by atoms with Crippen molar-refractivity contribution < 1.29 is 4.92 Å². The number of likely N-dealkylation sites (N-methyl/N-ethyl adjacent to an activating group) is 1. The first-order valence-corrected chi connectivity index (χ1v) is 5.86. The molecule has 1 atom stereocenters. The Morgan fingerprint density at radius 3 is 3.00 bits per heavy atom. The molecule has 2 rings (SSSR count). The van der Waals surface area contributed by atoms with Crippen LogP contribution < -0.4 is 10.2 Å². The third kappa shape index (κ3) is 2.74. The van der Waals surface area contributed by atoms with Gasteiger partial charge in [0.25, 0.3) is 5.69 Å². The molecule has 0 aromatic heterocycles. The molecule has 0 bridgehead atoms. The van der Waals surface area contributed by atoms with E-state index in [9.17, 15) is 10.1 Å². The zero-order valence-electron chi connectivity index (χ0n) is 9.93. The van der Waals surface area contributed by atoms with Gasteiger partial charge in [0, 0.05) is 37.5 Å². The fraction of sp³-hybridized carbons (Fsp3) is 0.500. The average Bonchev–Trinajstić information content (AvgIpc) is 2.39. The normalized spacial score (nSPS) is 19.9. The molecular formula is C12H17N3O2. The Morgan fingerprint density at radius 2 is 2.35 bits per heavy atom. The Hall–Kier alpha value is -1.62. The molecule has 1 heterocycles. The quantitative estimate of drug-likeness (QED) is 0.641. The predicted octanol–water partition coefficient (Wildman–Crippen LogP) is 1.78. The largest absolute Gasteiger partial charge is 0.370 e. The van der Waals surface area contributed by atoms with Crippen LogP contribution in [0.15, 0.2) is 24.3 Å². The minimum Gasteiger partial charge on any atom is -0.370 e. The van der Waals surface area contributed by atoms with Gasteiger partial charge in [-0.15, -0.1) is 0 Å². The second kappa shape index (κ2) is 5.14. The van der Waals surface area contributed by atoms with Crippen LogP contribution in [0.3, 0.4) is 0 Å². The molecular weight excluding hydrogens is 218 g/mol. The van der Waals surface area contributed by atoms with E-state index in [4.69, 9.17) is 0 Å². The molecule has 1 aliphatic heterocycles. The fourth-order valence-electron chi connectivity index (χ4n) is 2.20. The molecule has 92 valence electrons. The maximum absolute atomic E-state index is 10.7. The van der Waals surface area contributed by atoms with Crippen molar-refractivity contribution in [3.8, 4) is 0 Å². The van der Waals surface area contributed by atoms with Crippen LogP contribution in [0.4, 0.5) is 11.4 Å². The van der Waals surface area contributed by atoms with Crippen LogP contribution >= 0.6 is 0 Å². The summed E-state index contributed by atoms with van der Waals surface area (Å²) < 4.78 is 0. The number of nitrogens with zero attached hydrogens (tertiary/aromatic N) is 2. The minimum atomic E-state index is -0.351. The van der Waals surface area contributed by atoms with E-state index in [0.29, 0.717) is 6.04 Å². The third-order valence-corrected chi connectivity index (χ3v) is 3.27. The third-order valence-electron chi connectivity index (χ3n) is 3.27. The van der Waals surface area contributed by atoms with Gasteiger partial charge in [-0.2, -0.15) is 0 Å². The zero-order valence-corrected chi connectivity index (χ0v) is 9.93. The molecule has 0 amide bonds. The van der Waals surface area contributed by atoms with Crippen molar-refractivity contribution >= 4 is 11.4 Å². The van der Waals surface area contributed by atoms with Crippen molar-refractivity contribution in [3.63, 3.8) is 0 Å². The summed E-state index contributed by atoms with van der Waals surface area (Å²) in [7, 11) is 2.00. The molecule has 1 unspecified atom stereocenters. The highest BCUT2D eigenvalue weighted by Crippen LogP contribution is 2.23. The van der Waals surface area contributed by atoms with Crippen LogP contribution in [0, 0.1) is 10.1 Å². The van der Waals surface area contributed by atoms with Crippen molar-refractivity contribution in [1.82, 2.24) is 5.32 Å². The lowest BCUT2D eigenvalue weighted by Gasteiger charge is -2.33. The van der Waals surface area contributed by atoms with Gasteiger partial charge in [0.1, 0.15) is 0 Å². The van der Waals surface area contributed by atoms with Gasteiger partial charge < -0.3 is 10.2 Å². The first-order valence-electron chi connectivity index (χ1n) is 5.86. The number of nitrogens with one attached hydrogen (secondary N) is 1. The summed E-state index contributed by atoms with van der Waals surface area (Å²) in [6, 6.07) is 7.23. The fourth-order valence-corrected chi connectivity index (χ4v) is 2.20. The van der Waals surface area contributed by atoms with E-state index in [1.807, 2.05) is 13.1 Å². The summed E-state index contributed by atoms with van der Waals surface area (Å²) in [4.78, 5) is 12.5. The standard InChI is InChI=1S/C12H17N3O2/c1-14(12-6-3-7-13-9-12)10-4-2-5-11(8-10)15(16)17/h2,4-5,8,12-13H,3,6-7,9H2,1H3. The van der Waals surface area contributed by atoms with Crippen molar-refractivity contribution in [2.24, 2.45) is 0 Å². The molecule has 1 fully saturated rings. The maximum Gasteiger partial charge on any atom is 0.271 e.